The summed E-state index contributed by atoms with van der Waals surface area (Å²) in [5.74, 6) is 1.12. The molecule has 0 aliphatic rings. The second kappa shape index (κ2) is 9.00. The number of hydrogen-bond donors (Lipinski definition) is 1. The van der Waals surface area contributed by atoms with Gasteiger partial charge in [0.2, 0.25) is 0 Å². The molecule has 2 rings (SSSR count). The van der Waals surface area contributed by atoms with Crippen LogP contribution in [0.1, 0.15) is 39.5 Å². The number of aromatic nitrogens is 2. The second-order valence-corrected chi connectivity index (χ2v) is 6.33. The fraction of sp³-hybridized carbons (Fsp3) is 0.529. The van der Waals surface area contributed by atoms with Crippen molar-refractivity contribution in [2.24, 2.45) is 0 Å². The van der Waals surface area contributed by atoms with Crippen LogP contribution in [0, 0.1) is 0 Å². The summed E-state index contributed by atoms with van der Waals surface area (Å²) in [6.45, 7) is 5.61. The summed E-state index contributed by atoms with van der Waals surface area (Å²) in [7, 11) is 0. The van der Waals surface area contributed by atoms with Gasteiger partial charge in [0, 0.05) is 11.4 Å². The van der Waals surface area contributed by atoms with Crippen LogP contribution in [0.25, 0.3) is 10.9 Å². The summed E-state index contributed by atoms with van der Waals surface area (Å²) in [6, 6.07) is 8.89. The Hall–Kier alpha value is -1.13. The van der Waals surface area contributed by atoms with Gasteiger partial charge in [-0.3, -0.25) is 0 Å². The Labute approximate surface area is 132 Å². The minimum Gasteiger partial charge on any atom is -0.314 e. The Balaban J connectivity index is 1.82. The van der Waals surface area contributed by atoms with Crippen LogP contribution in [0.5, 0.6) is 0 Å². The Morgan fingerprint density at radius 3 is 2.86 bits per heavy atom. The monoisotopic (exact) mass is 303 g/mol. The Bertz CT molecular complexity index is 539. The molecule has 0 saturated carbocycles. The second-order valence-electron chi connectivity index (χ2n) is 5.25. The van der Waals surface area contributed by atoms with Crippen LogP contribution in [-0.4, -0.2) is 28.3 Å². The topological polar surface area (TPSA) is 37.8 Å². The largest absolute Gasteiger partial charge is 0.314 e. The lowest BCUT2D eigenvalue weighted by atomic mass is 10.1. The first-order valence-corrected chi connectivity index (χ1v) is 8.89. The third-order valence-electron chi connectivity index (χ3n) is 3.62. The molecule has 2 aromatic rings. The lowest BCUT2D eigenvalue weighted by molar-refractivity contribution is 0.465. The zero-order chi connectivity index (χ0) is 14.9. The van der Waals surface area contributed by atoms with Gasteiger partial charge in [0.15, 0.2) is 0 Å². The van der Waals surface area contributed by atoms with E-state index in [1.54, 1.807) is 6.33 Å². The molecule has 0 amide bonds. The van der Waals surface area contributed by atoms with E-state index in [-0.39, 0.29) is 0 Å². The van der Waals surface area contributed by atoms with E-state index in [0.29, 0.717) is 6.04 Å². The minimum absolute atomic E-state index is 0.660. The van der Waals surface area contributed by atoms with Crippen LogP contribution in [0.2, 0.25) is 0 Å². The van der Waals surface area contributed by atoms with Crippen molar-refractivity contribution in [2.45, 2.75) is 50.6 Å². The average Bonchev–Trinajstić information content (AvgIpc) is 2.54. The standard InChI is InChI=1S/C17H25N3S/c1-3-11-18-14(4-2)8-7-12-21-17-15-9-5-6-10-16(15)19-13-20-17/h5-6,9-10,13-14,18H,3-4,7-8,11-12H2,1-2H3. The van der Waals surface area contributed by atoms with Crippen molar-refractivity contribution in [3.63, 3.8) is 0 Å². The predicted molar refractivity (Wildman–Crippen MR) is 91.9 cm³/mol. The minimum atomic E-state index is 0.660. The molecule has 0 bridgehead atoms. The Morgan fingerprint density at radius 1 is 1.19 bits per heavy atom. The molecule has 1 heterocycles. The molecule has 0 aliphatic carbocycles. The van der Waals surface area contributed by atoms with Crippen LogP contribution < -0.4 is 5.32 Å². The van der Waals surface area contributed by atoms with E-state index >= 15 is 0 Å². The molecule has 0 aliphatic heterocycles. The zero-order valence-corrected chi connectivity index (χ0v) is 13.8. The molecule has 1 atom stereocenters. The third kappa shape index (κ3) is 4.97. The van der Waals surface area contributed by atoms with Crippen LogP contribution in [0.15, 0.2) is 35.6 Å². The molecule has 1 aromatic heterocycles. The van der Waals surface area contributed by atoms with Crippen LogP contribution in [0.3, 0.4) is 0 Å². The molecule has 0 saturated heterocycles. The first-order chi connectivity index (χ1) is 10.3. The predicted octanol–water partition coefficient (Wildman–Crippen LogP) is 4.28. The van der Waals surface area contributed by atoms with Gasteiger partial charge >= 0.3 is 0 Å². The number of para-hydroxylation sites is 1. The average molecular weight is 303 g/mol. The van der Waals surface area contributed by atoms with Crippen LogP contribution >= 0.6 is 11.8 Å². The summed E-state index contributed by atoms with van der Waals surface area (Å²) in [5, 5.41) is 5.89. The lowest BCUT2D eigenvalue weighted by Crippen LogP contribution is -2.29. The van der Waals surface area contributed by atoms with Crippen molar-refractivity contribution in [1.29, 1.82) is 0 Å². The molecule has 3 nitrogen and oxygen atoms in total. The maximum Gasteiger partial charge on any atom is 0.117 e. The summed E-state index contributed by atoms with van der Waals surface area (Å²) >= 11 is 1.85. The van der Waals surface area contributed by atoms with E-state index in [4.69, 9.17) is 0 Å². The Morgan fingerprint density at radius 2 is 2.05 bits per heavy atom. The first kappa shape index (κ1) is 16.2. The van der Waals surface area contributed by atoms with E-state index in [0.717, 1.165) is 22.8 Å². The molecule has 1 N–H and O–H groups in total. The van der Waals surface area contributed by atoms with Gasteiger partial charge in [-0.05, 0) is 44.0 Å². The van der Waals surface area contributed by atoms with Crippen molar-refractivity contribution in [3.05, 3.63) is 30.6 Å². The number of rotatable bonds is 9. The van der Waals surface area contributed by atoms with Crippen molar-refractivity contribution < 1.29 is 0 Å². The molecular formula is C17H25N3S. The number of nitrogens with zero attached hydrogens (tertiary/aromatic N) is 2. The van der Waals surface area contributed by atoms with Gasteiger partial charge in [-0.2, -0.15) is 0 Å². The van der Waals surface area contributed by atoms with Gasteiger partial charge in [-0.15, -0.1) is 11.8 Å². The molecule has 21 heavy (non-hydrogen) atoms. The van der Waals surface area contributed by atoms with Crippen molar-refractivity contribution in [2.75, 3.05) is 12.3 Å². The summed E-state index contributed by atoms with van der Waals surface area (Å²) < 4.78 is 0. The normalized spacial score (nSPS) is 12.7. The van der Waals surface area contributed by atoms with Crippen LogP contribution in [0.4, 0.5) is 0 Å². The highest BCUT2D eigenvalue weighted by atomic mass is 32.2. The summed E-state index contributed by atoms with van der Waals surface area (Å²) in [6.07, 6.45) is 6.55. The summed E-state index contributed by atoms with van der Waals surface area (Å²) in [4.78, 5) is 8.74. The number of thioether (sulfide) groups is 1. The van der Waals surface area contributed by atoms with Gasteiger partial charge in [0.1, 0.15) is 11.4 Å². The first-order valence-electron chi connectivity index (χ1n) is 7.91. The van der Waals surface area contributed by atoms with E-state index in [1.165, 1.54) is 31.1 Å². The van der Waals surface area contributed by atoms with Crippen molar-refractivity contribution >= 4 is 22.7 Å². The SMILES string of the molecule is CCCNC(CC)CCCSc1ncnc2ccccc12. The Kier molecular flexibility index (Phi) is 6.96. The number of nitrogens with one attached hydrogen (secondary N) is 1. The number of hydrogen-bond acceptors (Lipinski definition) is 4. The molecule has 114 valence electrons. The lowest BCUT2D eigenvalue weighted by Gasteiger charge is -2.16. The van der Waals surface area contributed by atoms with Gasteiger partial charge in [-0.25, -0.2) is 9.97 Å². The molecule has 1 aromatic carbocycles. The van der Waals surface area contributed by atoms with E-state index < -0.39 is 0 Å². The van der Waals surface area contributed by atoms with Crippen molar-refractivity contribution in [3.8, 4) is 0 Å². The third-order valence-corrected chi connectivity index (χ3v) is 4.71. The molecule has 0 spiro atoms. The van der Waals surface area contributed by atoms with Crippen molar-refractivity contribution in [1.82, 2.24) is 15.3 Å². The molecule has 0 fully saturated rings. The number of fused-ring (bicyclic) bond motifs is 1. The van der Waals surface area contributed by atoms with Crippen LogP contribution in [-0.2, 0) is 0 Å². The van der Waals surface area contributed by atoms with Gasteiger partial charge < -0.3 is 5.32 Å². The van der Waals surface area contributed by atoms with E-state index in [1.807, 2.05) is 23.9 Å². The molecule has 0 radical (unpaired) electrons. The quantitative estimate of drug-likeness (QED) is 0.426. The van der Waals surface area contributed by atoms with Gasteiger partial charge in [0.25, 0.3) is 0 Å². The maximum atomic E-state index is 4.43. The highest BCUT2D eigenvalue weighted by Crippen LogP contribution is 2.25. The highest BCUT2D eigenvalue weighted by Gasteiger charge is 2.06. The smallest absolute Gasteiger partial charge is 0.117 e. The fourth-order valence-electron chi connectivity index (χ4n) is 2.39. The highest BCUT2D eigenvalue weighted by molar-refractivity contribution is 7.99. The fourth-order valence-corrected chi connectivity index (χ4v) is 3.35. The van der Waals surface area contributed by atoms with E-state index in [2.05, 4.69) is 41.3 Å². The van der Waals surface area contributed by atoms with Gasteiger partial charge in [0.05, 0.1) is 5.52 Å². The number of benzene rings is 1. The van der Waals surface area contributed by atoms with E-state index in [9.17, 15) is 0 Å². The molecule has 4 heteroatoms. The molecular weight excluding hydrogens is 278 g/mol. The summed E-state index contributed by atoms with van der Waals surface area (Å²) in [5.41, 5.74) is 1.03. The zero-order valence-electron chi connectivity index (χ0n) is 13.0. The molecule has 1 unspecified atom stereocenters. The van der Waals surface area contributed by atoms with Gasteiger partial charge in [-0.1, -0.05) is 32.0 Å². The maximum absolute atomic E-state index is 4.43.